The lowest BCUT2D eigenvalue weighted by Gasteiger charge is -2.32. The molecule has 0 saturated heterocycles. The highest BCUT2D eigenvalue weighted by atomic mass is 79.9. The van der Waals surface area contributed by atoms with E-state index in [1.54, 1.807) is 0 Å². The van der Waals surface area contributed by atoms with Crippen LogP contribution in [0.2, 0.25) is 0 Å². The molecule has 1 aromatic carbocycles. The average Bonchev–Trinajstić information content (AvgIpc) is 2.80. The van der Waals surface area contributed by atoms with Gasteiger partial charge in [0, 0.05) is 15.6 Å². The third-order valence-corrected chi connectivity index (χ3v) is 5.40. The van der Waals surface area contributed by atoms with Crippen molar-refractivity contribution in [2.45, 2.75) is 45.1 Å². The summed E-state index contributed by atoms with van der Waals surface area (Å²) in [5.41, 5.74) is 9.08. The van der Waals surface area contributed by atoms with Crippen molar-refractivity contribution in [2.24, 2.45) is 11.7 Å². The molecule has 5 heteroatoms. The SMILES string of the molecule is CC(C)(O)C1CCc2c([nH]c3c(CC(N)=O)ccc(Br)c23)C1. The number of nitrogens with one attached hydrogen (secondary N) is 1. The fourth-order valence-corrected chi connectivity index (χ4v) is 4.06. The highest BCUT2D eigenvalue weighted by Crippen LogP contribution is 2.39. The molecule has 1 unspecified atom stereocenters. The van der Waals surface area contributed by atoms with E-state index in [0.717, 1.165) is 40.2 Å². The number of nitrogens with two attached hydrogens (primary N) is 1. The maximum atomic E-state index is 11.3. The largest absolute Gasteiger partial charge is 0.390 e. The molecule has 4 N–H and O–H groups in total. The second kappa shape index (κ2) is 5.39. The van der Waals surface area contributed by atoms with Crippen LogP contribution in [0.3, 0.4) is 0 Å². The molecule has 0 bridgehead atoms. The molecular weight excluding hydrogens is 344 g/mol. The molecule has 118 valence electrons. The van der Waals surface area contributed by atoms with Gasteiger partial charge in [0.1, 0.15) is 0 Å². The van der Waals surface area contributed by atoms with Crippen LogP contribution in [0, 0.1) is 5.92 Å². The Kier molecular flexibility index (Phi) is 3.81. The van der Waals surface area contributed by atoms with Gasteiger partial charge in [0.2, 0.25) is 5.91 Å². The smallest absolute Gasteiger partial charge is 0.221 e. The summed E-state index contributed by atoms with van der Waals surface area (Å²) >= 11 is 3.62. The molecule has 22 heavy (non-hydrogen) atoms. The van der Waals surface area contributed by atoms with Gasteiger partial charge in [-0.3, -0.25) is 4.79 Å². The maximum Gasteiger partial charge on any atom is 0.221 e. The van der Waals surface area contributed by atoms with E-state index in [1.807, 2.05) is 26.0 Å². The number of hydrogen-bond donors (Lipinski definition) is 3. The molecule has 1 heterocycles. The first-order valence-corrected chi connectivity index (χ1v) is 8.38. The summed E-state index contributed by atoms with van der Waals surface area (Å²) < 4.78 is 1.04. The van der Waals surface area contributed by atoms with Crippen molar-refractivity contribution in [1.29, 1.82) is 0 Å². The molecule has 0 fully saturated rings. The third-order valence-electron chi connectivity index (χ3n) is 4.74. The molecule has 0 aliphatic heterocycles. The Labute approximate surface area is 138 Å². The number of aromatic amines is 1. The first-order valence-electron chi connectivity index (χ1n) is 7.59. The topological polar surface area (TPSA) is 79.1 Å². The van der Waals surface area contributed by atoms with Gasteiger partial charge in [-0.2, -0.15) is 0 Å². The predicted octanol–water partition coefficient (Wildman–Crippen LogP) is 2.83. The number of primary amides is 1. The van der Waals surface area contributed by atoms with E-state index >= 15 is 0 Å². The van der Waals surface area contributed by atoms with Gasteiger partial charge in [0.05, 0.1) is 17.5 Å². The lowest BCUT2D eigenvalue weighted by atomic mass is 9.78. The number of H-pyrrole nitrogens is 1. The number of aryl methyl sites for hydroxylation is 1. The van der Waals surface area contributed by atoms with Gasteiger partial charge in [-0.05, 0) is 56.2 Å². The Balaban J connectivity index is 2.11. The Morgan fingerprint density at radius 3 is 2.86 bits per heavy atom. The number of fused-ring (bicyclic) bond motifs is 3. The molecule has 0 saturated carbocycles. The van der Waals surface area contributed by atoms with Crippen molar-refractivity contribution in [3.63, 3.8) is 0 Å². The Morgan fingerprint density at radius 1 is 1.50 bits per heavy atom. The molecule has 1 aromatic heterocycles. The molecular formula is C17H21BrN2O2. The van der Waals surface area contributed by atoms with Crippen molar-refractivity contribution in [3.8, 4) is 0 Å². The highest BCUT2D eigenvalue weighted by Gasteiger charge is 2.32. The average molecular weight is 365 g/mol. The van der Waals surface area contributed by atoms with E-state index in [1.165, 1.54) is 11.3 Å². The molecule has 1 aliphatic carbocycles. The van der Waals surface area contributed by atoms with E-state index in [0.29, 0.717) is 0 Å². The zero-order chi connectivity index (χ0) is 16.1. The van der Waals surface area contributed by atoms with Crippen LogP contribution in [0.5, 0.6) is 0 Å². The summed E-state index contributed by atoms with van der Waals surface area (Å²) in [6.45, 7) is 3.75. The maximum absolute atomic E-state index is 11.3. The van der Waals surface area contributed by atoms with Gasteiger partial charge in [-0.15, -0.1) is 0 Å². The summed E-state index contributed by atoms with van der Waals surface area (Å²) in [7, 11) is 0. The minimum Gasteiger partial charge on any atom is -0.390 e. The second-order valence-corrected chi connectivity index (χ2v) is 7.63. The standard InChI is InChI=1S/C17H21BrN2O2/c1-17(2,22)10-4-5-11-13(8-10)20-16-9(7-14(19)21)3-6-12(18)15(11)16/h3,6,10,20,22H,4-5,7-8H2,1-2H3,(H2,19,21). The van der Waals surface area contributed by atoms with Gasteiger partial charge in [0.15, 0.2) is 0 Å². The zero-order valence-corrected chi connectivity index (χ0v) is 14.5. The summed E-state index contributed by atoms with van der Waals surface area (Å²) in [6.07, 6.45) is 2.96. The summed E-state index contributed by atoms with van der Waals surface area (Å²) in [4.78, 5) is 14.8. The molecule has 2 aromatic rings. The van der Waals surface area contributed by atoms with Gasteiger partial charge < -0.3 is 15.8 Å². The second-order valence-electron chi connectivity index (χ2n) is 6.78. The monoisotopic (exact) mass is 364 g/mol. The number of amides is 1. The van der Waals surface area contributed by atoms with Crippen LogP contribution < -0.4 is 5.73 Å². The number of aromatic nitrogens is 1. The van der Waals surface area contributed by atoms with Gasteiger partial charge in [-0.25, -0.2) is 0 Å². The van der Waals surface area contributed by atoms with E-state index in [2.05, 4.69) is 20.9 Å². The van der Waals surface area contributed by atoms with E-state index < -0.39 is 5.60 Å². The van der Waals surface area contributed by atoms with Crippen LogP contribution in [0.4, 0.5) is 0 Å². The van der Waals surface area contributed by atoms with Crippen LogP contribution in [0.25, 0.3) is 10.9 Å². The van der Waals surface area contributed by atoms with E-state index in [4.69, 9.17) is 5.73 Å². The fraction of sp³-hybridized carbons (Fsp3) is 0.471. The minimum atomic E-state index is -0.678. The number of rotatable bonds is 3. The number of carbonyl (C=O) groups excluding carboxylic acids is 1. The minimum absolute atomic E-state index is 0.234. The van der Waals surface area contributed by atoms with Crippen molar-refractivity contribution in [1.82, 2.24) is 4.98 Å². The quantitative estimate of drug-likeness (QED) is 0.782. The number of halogens is 1. The highest BCUT2D eigenvalue weighted by molar-refractivity contribution is 9.10. The van der Waals surface area contributed by atoms with Crippen LogP contribution in [-0.2, 0) is 24.1 Å². The molecule has 4 nitrogen and oxygen atoms in total. The van der Waals surface area contributed by atoms with Crippen molar-refractivity contribution >= 4 is 32.7 Å². The van der Waals surface area contributed by atoms with Crippen LogP contribution in [-0.4, -0.2) is 21.6 Å². The van der Waals surface area contributed by atoms with Crippen molar-refractivity contribution < 1.29 is 9.90 Å². The lowest BCUT2D eigenvalue weighted by Crippen LogP contribution is -2.34. The molecule has 1 aliphatic rings. The Morgan fingerprint density at radius 2 is 2.23 bits per heavy atom. The van der Waals surface area contributed by atoms with E-state index in [9.17, 15) is 9.90 Å². The lowest BCUT2D eigenvalue weighted by molar-refractivity contribution is -0.117. The van der Waals surface area contributed by atoms with Gasteiger partial charge in [0.25, 0.3) is 0 Å². The zero-order valence-electron chi connectivity index (χ0n) is 12.9. The van der Waals surface area contributed by atoms with Crippen LogP contribution in [0.1, 0.15) is 37.1 Å². The first kappa shape index (κ1) is 15.6. The Bertz CT molecular complexity index is 743. The Hall–Kier alpha value is -1.33. The van der Waals surface area contributed by atoms with Crippen molar-refractivity contribution in [3.05, 3.63) is 33.4 Å². The predicted molar refractivity (Wildman–Crippen MR) is 90.7 cm³/mol. The number of benzene rings is 1. The normalized spacial score (nSPS) is 18.5. The van der Waals surface area contributed by atoms with Crippen LogP contribution in [0.15, 0.2) is 16.6 Å². The summed E-state index contributed by atoms with van der Waals surface area (Å²) in [6, 6.07) is 3.92. The summed E-state index contributed by atoms with van der Waals surface area (Å²) in [5.74, 6) is -0.0861. The molecule has 1 atom stereocenters. The number of hydrogen-bond acceptors (Lipinski definition) is 2. The van der Waals surface area contributed by atoms with Gasteiger partial charge in [-0.1, -0.05) is 22.0 Å². The molecule has 3 rings (SSSR count). The molecule has 0 radical (unpaired) electrons. The third kappa shape index (κ3) is 2.68. The van der Waals surface area contributed by atoms with Crippen LogP contribution >= 0.6 is 15.9 Å². The van der Waals surface area contributed by atoms with Gasteiger partial charge >= 0.3 is 0 Å². The molecule has 0 spiro atoms. The van der Waals surface area contributed by atoms with Crippen molar-refractivity contribution in [2.75, 3.05) is 0 Å². The fourth-order valence-electron chi connectivity index (χ4n) is 3.49. The summed E-state index contributed by atoms with van der Waals surface area (Å²) in [5, 5.41) is 11.4. The molecule has 1 amide bonds. The van der Waals surface area contributed by atoms with E-state index in [-0.39, 0.29) is 18.2 Å². The number of carbonyl (C=O) groups is 1. The first-order chi connectivity index (χ1) is 10.3. The number of aliphatic hydroxyl groups is 1.